The third-order valence-corrected chi connectivity index (χ3v) is 5.58. The van der Waals surface area contributed by atoms with E-state index in [-0.39, 0.29) is 22.9 Å². The first-order chi connectivity index (χ1) is 15.1. The van der Waals surface area contributed by atoms with Crippen LogP contribution in [0.4, 0.5) is 0 Å². The Morgan fingerprint density at radius 2 is 1.94 bits per heavy atom. The number of hydrogen-bond acceptors (Lipinski definition) is 7. The summed E-state index contributed by atoms with van der Waals surface area (Å²) in [6.45, 7) is 0. The number of aliphatic hydroxyl groups is 1. The van der Waals surface area contributed by atoms with Crippen LogP contribution in [0.2, 0.25) is 0 Å². The van der Waals surface area contributed by atoms with E-state index in [2.05, 4.69) is 15.0 Å². The number of nitrogens with zero attached hydrogens (tertiary/aromatic N) is 3. The Hall–Kier alpha value is -3.72. The molecule has 2 heterocycles. The lowest BCUT2D eigenvalue weighted by atomic mass is 10.2. The summed E-state index contributed by atoms with van der Waals surface area (Å²) in [5, 5.41) is 11.4. The molecule has 0 atom stereocenters. The highest BCUT2D eigenvalue weighted by Gasteiger charge is 2.22. The van der Waals surface area contributed by atoms with Crippen molar-refractivity contribution < 1.29 is 19.4 Å². The third kappa shape index (κ3) is 4.26. The summed E-state index contributed by atoms with van der Waals surface area (Å²) in [6.07, 6.45) is 3.50. The van der Waals surface area contributed by atoms with Gasteiger partial charge in [0.1, 0.15) is 22.9 Å². The smallest absolute Gasteiger partial charge is 0.345 e. The number of para-hydroxylation sites is 2. The lowest BCUT2D eigenvalue weighted by molar-refractivity contribution is -0.133. The van der Waals surface area contributed by atoms with Gasteiger partial charge in [0, 0.05) is 18.1 Å². The summed E-state index contributed by atoms with van der Waals surface area (Å²) in [4.78, 5) is 24.2. The van der Waals surface area contributed by atoms with Crippen LogP contribution in [0.25, 0.3) is 22.3 Å². The third-order valence-electron chi connectivity index (χ3n) is 4.60. The number of benzene rings is 2. The number of aliphatic hydroxyl groups excluding tert-OH is 1. The van der Waals surface area contributed by atoms with E-state index in [0.29, 0.717) is 10.7 Å². The van der Waals surface area contributed by atoms with Crippen molar-refractivity contribution in [1.82, 2.24) is 19.5 Å². The van der Waals surface area contributed by atoms with Crippen molar-refractivity contribution in [2.75, 3.05) is 20.0 Å². The largest absolute Gasteiger partial charge is 0.510 e. The van der Waals surface area contributed by atoms with Gasteiger partial charge >= 0.3 is 5.97 Å². The Kier molecular flexibility index (Phi) is 5.94. The first-order valence-corrected chi connectivity index (χ1v) is 10.4. The van der Waals surface area contributed by atoms with Crippen LogP contribution in [0, 0.1) is 0 Å². The summed E-state index contributed by atoms with van der Waals surface area (Å²) >= 11 is 1.29. The number of esters is 1. The number of aromatic amines is 1. The van der Waals surface area contributed by atoms with E-state index in [9.17, 15) is 9.90 Å². The molecule has 31 heavy (non-hydrogen) atoms. The van der Waals surface area contributed by atoms with Gasteiger partial charge in [0.25, 0.3) is 0 Å². The molecule has 4 aromatic rings. The number of carbonyl (C=O) groups is 1. The zero-order chi connectivity index (χ0) is 21.8. The highest BCUT2D eigenvalue weighted by atomic mass is 32.2. The molecule has 0 spiro atoms. The highest BCUT2D eigenvalue weighted by Crippen LogP contribution is 2.27. The number of H-pyrrole nitrogens is 1. The average molecular weight is 436 g/mol. The minimum absolute atomic E-state index is 0.00578. The molecule has 2 aromatic carbocycles. The van der Waals surface area contributed by atoms with Crippen LogP contribution in [-0.4, -0.2) is 50.6 Å². The number of thioether (sulfide) groups is 1. The summed E-state index contributed by atoms with van der Waals surface area (Å²) in [5.41, 5.74) is 2.34. The summed E-state index contributed by atoms with van der Waals surface area (Å²) in [7, 11) is 2.88. The second kappa shape index (κ2) is 8.97. The van der Waals surface area contributed by atoms with Gasteiger partial charge in [0.15, 0.2) is 5.16 Å². The molecule has 4 rings (SSSR count). The second-order valence-electron chi connectivity index (χ2n) is 6.48. The van der Waals surface area contributed by atoms with Crippen LogP contribution in [-0.2, 0) is 9.53 Å². The second-order valence-corrected chi connectivity index (χ2v) is 7.42. The van der Waals surface area contributed by atoms with Crippen LogP contribution in [0.1, 0.15) is 5.82 Å². The Balaban J connectivity index is 1.61. The van der Waals surface area contributed by atoms with Gasteiger partial charge in [-0.1, -0.05) is 23.9 Å². The maximum Gasteiger partial charge on any atom is 0.345 e. The molecule has 9 heteroatoms. The molecule has 0 aliphatic heterocycles. The van der Waals surface area contributed by atoms with Gasteiger partial charge in [-0.3, -0.25) is 4.57 Å². The van der Waals surface area contributed by atoms with E-state index < -0.39 is 5.97 Å². The summed E-state index contributed by atoms with van der Waals surface area (Å²) < 4.78 is 12.0. The Bertz CT molecular complexity index is 1210. The maximum absolute atomic E-state index is 12.4. The minimum atomic E-state index is -0.671. The number of fused-ring (bicyclic) bond motifs is 1. The predicted octanol–water partition coefficient (Wildman–Crippen LogP) is 3.99. The number of nitrogens with one attached hydrogen (secondary N) is 1. The van der Waals surface area contributed by atoms with Gasteiger partial charge in [0.2, 0.25) is 0 Å². The first kappa shape index (κ1) is 20.5. The molecule has 0 aliphatic rings. The molecule has 0 aliphatic carbocycles. The normalized spacial score (nSPS) is 11.9. The van der Waals surface area contributed by atoms with Gasteiger partial charge in [-0.05, 0) is 36.4 Å². The molecule has 0 saturated carbocycles. The molecule has 2 aromatic heterocycles. The zero-order valence-corrected chi connectivity index (χ0v) is 17.7. The van der Waals surface area contributed by atoms with Crippen molar-refractivity contribution in [3.63, 3.8) is 0 Å². The minimum Gasteiger partial charge on any atom is -0.510 e. The Morgan fingerprint density at radius 3 is 2.65 bits per heavy atom. The van der Waals surface area contributed by atoms with E-state index in [1.54, 1.807) is 13.3 Å². The fourth-order valence-corrected chi connectivity index (χ4v) is 3.92. The number of aromatic nitrogens is 4. The topological polar surface area (TPSA) is 102 Å². The molecular formula is C22H20N4O4S. The van der Waals surface area contributed by atoms with Crippen molar-refractivity contribution in [2.24, 2.45) is 0 Å². The number of rotatable bonds is 7. The van der Waals surface area contributed by atoms with Crippen LogP contribution in [0.3, 0.4) is 0 Å². The van der Waals surface area contributed by atoms with Crippen molar-refractivity contribution in [3.8, 4) is 11.4 Å². The van der Waals surface area contributed by atoms with Crippen molar-refractivity contribution >= 4 is 34.3 Å². The van der Waals surface area contributed by atoms with E-state index in [1.165, 1.54) is 18.9 Å². The Labute approximate surface area is 182 Å². The van der Waals surface area contributed by atoms with Crippen molar-refractivity contribution in [3.05, 3.63) is 72.5 Å². The van der Waals surface area contributed by atoms with Gasteiger partial charge < -0.3 is 19.6 Å². The van der Waals surface area contributed by atoms with Gasteiger partial charge in [-0.15, -0.1) is 0 Å². The quantitative estimate of drug-likeness (QED) is 0.195. The number of methoxy groups -OCH3 is 2. The monoisotopic (exact) mass is 436 g/mol. The molecule has 0 unspecified atom stereocenters. The van der Waals surface area contributed by atoms with Crippen LogP contribution in [0.5, 0.6) is 5.75 Å². The number of hydrogen-bond donors (Lipinski definition) is 2. The van der Waals surface area contributed by atoms with Gasteiger partial charge in [-0.2, -0.15) is 0 Å². The summed E-state index contributed by atoms with van der Waals surface area (Å²) in [6, 6.07) is 14.9. The van der Waals surface area contributed by atoms with Crippen molar-refractivity contribution in [1.29, 1.82) is 0 Å². The lowest BCUT2D eigenvalue weighted by Gasteiger charge is -2.10. The zero-order valence-electron chi connectivity index (χ0n) is 16.9. The molecular weight excluding hydrogens is 416 g/mol. The van der Waals surface area contributed by atoms with Crippen molar-refractivity contribution in [2.45, 2.75) is 5.16 Å². The number of ether oxygens (including phenoxy) is 2. The van der Waals surface area contributed by atoms with E-state index in [4.69, 9.17) is 9.47 Å². The van der Waals surface area contributed by atoms with Gasteiger partial charge in [0.05, 0.1) is 31.0 Å². The SMILES string of the molecule is COC(=O)C(=C(O)CSc1nccn1-c1ccc(OC)cc1)c1nc2ccccc2[nH]1. The fraction of sp³-hybridized carbons (Fsp3) is 0.136. The standard InChI is InChI=1S/C22H20N4O4S/c1-29-15-9-7-14(8-10-15)26-12-11-23-22(26)31-13-18(27)19(21(28)30-2)20-24-16-5-3-4-6-17(16)25-20/h3-12,27H,13H2,1-2H3,(H,24,25). The summed E-state index contributed by atoms with van der Waals surface area (Å²) in [5.74, 6) is 0.293. The molecule has 8 nitrogen and oxygen atoms in total. The number of imidazole rings is 2. The molecule has 0 saturated heterocycles. The van der Waals surface area contributed by atoms with Crippen LogP contribution in [0.15, 0.2) is 71.8 Å². The van der Waals surface area contributed by atoms with E-state index in [0.717, 1.165) is 17.0 Å². The maximum atomic E-state index is 12.4. The molecule has 0 bridgehead atoms. The highest BCUT2D eigenvalue weighted by molar-refractivity contribution is 7.99. The lowest BCUT2D eigenvalue weighted by Crippen LogP contribution is -2.10. The molecule has 2 N–H and O–H groups in total. The van der Waals surface area contributed by atoms with Gasteiger partial charge in [-0.25, -0.2) is 14.8 Å². The van der Waals surface area contributed by atoms with E-state index in [1.807, 2.05) is 59.3 Å². The molecule has 158 valence electrons. The van der Waals surface area contributed by atoms with Crippen LogP contribution < -0.4 is 4.74 Å². The molecule has 0 fully saturated rings. The average Bonchev–Trinajstić information content (AvgIpc) is 3.44. The first-order valence-electron chi connectivity index (χ1n) is 9.37. The predicted molar refractivity (Wildman–Crippen MR) is 118 cm³/mol. The fourth-order valence-electron chi connectivity index (χ4n) is 3.07. The number of carbonyl (C=O) groups excluding carboxylic acids is 1. The van der Waals surface area contributed by atoms with Crippen LogP contribution >= 0.6 is 11.8 Å². The van der Waals surface area contributed by atoms with E-state index >= 15 is 0 Å². The Morgan fingerprint density at radius 1 is 1.16 bits per heavy atom. The molecule has 0 radical (unpaired) electrons. The molecule has 0 amide bonds.